The van der Waals surface area contributed by atoms with Crippen LogP contribution in [0.2, 0.25) is 0 Å². The molecule has 2 rings (SSSR count). The van der Waals surface area contributed by atoms with Crippen LogP contribution >= 0.6 is 0 Å². The Kier molecular flexibility index (Phi) is 7.40. The van der Waals surface area contributed by atoms with E-state index in [2.05, 4.69) is 16.0 Å². The van der Waals surface area contributed by atoms with Crippen LogP contribution in [0.25, 0.3) is 0 Å². The first-order chi connectivity index (χ1) is 13.8. The molecule has 1 aromatic heterocycles. The normalized spacial score (nSPS) is 11.3. The van der Waals surface area contributed by atoms with Crippen LogP contribution in [0.15, 0.2) is 41.0 Å². The van der Waals surface area contributed by atoms with Crippen molar-refractivity contribution < 1.29 is 37.1 Å². The lowest BCUT2D eigenvalue weighted by molar-refractivity contribution is -0.152. The molecular formula is C18H17F2N3O6. The number of halogens is 2. The third-order valence-corrected chi connectivity index (χ3v) is 3.45. The first-order valence-corrected chi connectivity index (χ1v) is 8.30. The van der Waals surface area contributed by atoms with Crippen LogP contribution in [0.4, 0.5) is 14.5 Å². The Morgan fingerprint density at radius 1 is 1.10 bits per heavy atom. The zero-order valence-corrected chi connectivity index (χ0v) is 15.2. The topological polar surface area (TPSA) is 127 Å². The molecule has 1 atom stereocenters. The highest BCUT2D eigenvalue weighted by atomic mass is 19.1. The van der Waals surface area contributed by atoms with E-state index in [1.54, 1.807) is 0 Å². The van der Waals surface area contributed by atoms with E-state index in [1.807, 2.05) is 0 Å². The van der Waals surface area contributed by atoms with E-state index in [0.29, 0.717) is 6.07 Å². The summed E-state index contributed by atoms with van der Waals surface area (Å²) in [5.74, 6) is -4.83. The maximum absolute atomic E-state index is 13.5. The maximum Gasteiger partial charge on any atom is 0.326 e. The molecule has 2 aromatic rings. The Balaban J connectivity index is 1.71. The molecule has 29 heavy (non-hydrogen) atoms. The second-order valence-electron chi connectivity index (χ2n) is 5.68. The molecule has 0 aliphatic heterocycles. The van der Waals surface area contributed by atoms with Crippen molar-refractivity contribution in [1.82, 2.24) is 10.6 Å². The van der Waals surface area contributed by atoms with Crippen LogP contribution in [0.1, 0.15) is 17.5 Å². The molecule has 0 saturated carbocycles. The maximum atomic E-state index is 13.5. The van der Waals surface area contributed by atoms with Gasteiger partial charge in [0.25, 0.3) is 11.8 Å². The SMILES string of the molecule is C[C@@H](OC(=O)CNC(=O)CNC(=O)c1ccco1)C(=O)Nc1ccc(F)cc1F. The van der Waals surface area contributed by atoms with Crippen LogP contribution in [-0.4, -0.2) is 42.9 Å². The second kappa shape index (κ2) is 9.97. The quantitative estimate of drug-likeness (QED) is 0.558. The van der Waals surface area contributed by atoms with Crippen LogP contribution in [0.5, 0.6) is 0 Å². The van der Waals surface area contributed by atoms with E-state index in [1.165, 1.54) is 25.3 Å². The van der Waals surface area contributed by atoms with Gasteiger partial charge >= 0.3 is 5.97 Å². The number of anilines is 1. The lowest BCUT2D eigenvalue weighted by atomic mass is 10.2. The van der Waals surface area contributed by atoms with Gasteiger partial charge in [-0.3, -0.25) is 19.2 Å². The van der Waals surface area contributed by atoms with Gasteiger partial charge in [0.15, 0.2) is 11.9 Å². The fraction of sp³-hybridized carbons (Fsp3) is 0.222. The predicted molar refractivity (Wildman–Crippen MR) is 94.6 cm³/mol. The third-order valence-electron chi connectivity index (χ3n) is 3.45. The molecule has 9 nitrogen and oxygen atoms in total. The van der Waals surface area contributed by atoms with Gasteiger partial charge in [-0.15, -0.1) is 0 Å². The minimum Gasteiger partial charge on any atom is -0.459 e. The molecule has 0 unspecified atom stereocenters. The highest BCUT2D eigenvalue weighted by Gasteiger charge is 2.20. The van der Waals surface area contributed by atoms with Gasteiger partial charge in [-0.1, -0.05) is 0 Å². The molecule has 0 aliphatic carbocycles. The summed E-state index contributed by atoms with van der Waals surface area (Å²) in [5.41, 5.74) is -0.278. The Morgan fingerprint density at radius 2 is 1.86 bits per heavy atom. The van der Waals surface area contributed by atoms with Crippen molar-refractivity contribution in [1.29, 1.82) is 0 Å². The van der Waals surface area contributed by atoms with Crippen molar-refractivity contribution in [2.24, 2.45) is 0 Å². The van der Waals surface area contributed by atoms with Gasteiger partial charge in [0.05, 0.1) is 18.5 Å². The highest BCUT2D eigenvalue weighted by molar-refractivity contribution is 5.96. The highest BCUT2D eigenvalue weighted by Crippen LogP contribution is 2.15. The van der Waals surface area contributed by atoms with Gasteiger partial charge in [0.1, 0.15) is 18.2 Å². The predicted octanol–water partition coefficient (Wildman–Crippen LogP) is 0.974. The molecule has 0 radical (unpaired) electrons. The number of amides is 3. The number of hydrogen-bond donors (Lipinski definition) is 3. The summed E-state index contributed by atoms with van der Waals surface area (Å²) in [6.07, 6.45) is -0.00485. The van der Waals surface area contributed by atoms with E-state index >= 15 is 0 Å². The molecule has 0 fully saturated rings. The molecule has 0 bridgehead atoms. The minimum absolute atomic E-state index is 0.0228. The molecule has 3 amide bonds. The van der Waals surface area contributed by atoms with E-state index in [4.69, 9.17) is 9.15 Å². The number of carbonyl (C=O) groups excluding carboxylic acids is 4. The minimum atomic E-state index is -1.30. The summed E-state index contributed by atoms with van der Waals surface area (Å²) >= 11 is 0. The lowest BCUT2D eigenvalue weighted by Crippen LogP contribution is -2.40. The largest absolute Gasteiger partial charge is 0.459 e. The number of carbonyl (C=O) groups is 4. The van der Waals surface area contributed by atoms with E-state index in [-0.39, 0.29) is 11.4 Å². The second-order valence-corrected chi connectivity index (χ2v) is 5.68. The number of ether oxygens (including phenoxy) is 1. The molecule has 154 valence electrons. The third kappa shape index (κ3) is 6.72. The smallest absolute Gasteiger partial charge is 0.326 e. The summed E-state index contributed by atoms with van der Waals surface area (Å²) in [6.45, 7) is 0.269. The molecular weight excluding hydrogens is 392 g/mol. The van der Waals surface area contributed by atoms with Gasteiger partial charge in [-0.25, -0.2) is 8.78 Å². The van der Waals surface area contributed by atoms with Crippen molar-refractivity contribution >= 4 is 29.4 Å². The molecule has 0 spiro atoms. The molecule has 3 N–H and O–H groups in total. The summed E-state index contributed by atoms with van der Waals surface area (Å²) in [6, 6.07) is 5.48. The number of furan rings is 1. The lowest BCUT2D eigenvalue weighted by Gasteiger charge is -2.14. The van der Waals surface area contributed by atoms with Gasteiger partial charge in [0, 0.05) is 6.07 Å². The molecule has 0 aliphatic rings. The van der Waals surface area contributed by atoms with Gasteiger partial charge in [0.2, 0.25) is 5.91 Å². The standard InChI is InChI=1S/C18H17F2N3O6/c1-10(17(26)23-13-5-4-11(19)7-12(13)20)29-16(25)9-21-15(24)8-22-18(27)14-3-2-6-28-14/h2-7,10H,8-9H2,1H3,(H,21,24)(H,22,27)(H,23,26)/t10-/m1/s1. The van der Waals surface area contributed by atoms with Crippen LogP contribution in [0.3, 0.4) is 0 Å². The Labute approximate surface area is 163 Å². The van der Waals surface area contributed by atoms with Gasteiger partial charge in [-0.2, -0.15) is 0 Å². The number of nitrogens with one attached hydrogen (secondary N) is 3. The average Bonchev–Trinajstić information content (AvgIpc) is 3.21. The first-order valence-electron chi connectivity index (χ1n) is 8.30. The Morgan fingerprint density at radius 3 is 2.52 bits per heavy atom. The van der Waals surface area contributed by atoms with Crippen LogP contribution in [0, 0.1) is 11.6 Å². The monoisotopic (exact) mass is 409 g/mol. The number of esters is 1. The Bertz CT molecular complexity index is 901. The average molecular weight is 409 g/mol. The molecule has 0 saturated heterocycles. The number of benzene rings is 1. The summed E-state index contributed by atoms with van der Waals surface area (Å²) < 4.78 is 36.0. The van der Waals surface area contributed by atoms with Crippen molar-refractivity contribution in [3.05, 3.63) is 54.0 Å². The zero-order chi connectivity index (χ0) is 21.4. The van der Waals surface area contributed by atoms with E-state index in [0.717, 1.165) is 12.1 Å². The molecule has 1 aromatic carbocycles. The van der Waals surface area contributed by atoms with Crippen LogP contribution in [-0.2, 0) is 19.1 Å². The number of rotatable bonds is 8. The van der Waals surface area contributed by atoms with Crippen molar-refractivity contribution in [3.63, 3.8) is 0 Å². The fourth-order valence-corrected chi connectivity index (χ4v) is 2.01. The van der Waals surface area contributed by atoms with E-state index in [9.17, 15) is 28.0 Å². The fourth-order valence-electron chi connectivity index (χ4n) is 2.01. The van der Waals surface area contributed by atoms with Crippen molar-refractivity contribution in [3.8, 4) is 0 Å². The van der Waals surface area contributed by atoms with Gasteiger partial charge < -0.3 is 25.1 Å². The Hall–Kier alpha value is -3.76. The van der Waals surface area contributed by atoms with Crippen LogP contribution < -0.4 is 16.0 Å². The summed E-state index contributed by atoms with van der Waals surface area (Å²) in [5, 5.41) is 6.63. The van der Waals surface area contributed by atoms with Crippen molar-refractivity contribution in [2.45, 2.75) is 13.0 Å². The van der Waals surface area contributed by atoms with E-state index < -0.39 is 54.5 Å². The summed E-state index contributed by atoms with van der Waals surface area (Å²) in [4.78, 5) is 46.9. The molecule has 11 heteroatoms. The van der Waals surface area contributed by atoms with Gasteiger partial charge in [-0.05, 0) is 31.2 Å². The molecule has 1 heterocycles. The summed E-state index contributed by atoms with van der Waals surface area (Å²) in [7, 11) is 0. The zero-order valence-electron chi connectivity index (χ0n) is 15.2. The number of hydrogen-bond acceptors (Lipinski definition) is 6. The first kappa shape index (κ1) is 21.5. The van der Waals surface area contributed by atoms with Crippen molar-refractivity contribution in [2.75, 3.05) is 18.4 Å².